The Kier molecular flexibility index (Phi) is 4.11. The summed E-state index contributed by atoms with van der Waals surface area (Å²) in [5, 5.41) is 3.39. The summed E-state index contributed by atoms with van der Waals surface area (Å²) in [6, 6.07) is 0.389. The van der Waals surface area contributed by atoms with Gasteiger partial charge in [-0.25, -0.2) is 4.98 Å². The molecule has 3 heterocycles. The number of aromatic nitrogens is 2. The van der Waals surface area contributed by atoms with Crippen molar-refractivity contribution in [3.8, 4) is 0 Å². The minimum Gasteiger partial charge on any atom is -0.352 e. The lowest BCUT2D eigenvalue weighted by Gasteiger charge is -2.35. The summed E-state index contributed by atoms with van der Waals surface area (Å²) in [5.74, 6) is 1.18. The predicted octanol–water partition coefficient (Wildman–Crippen LogP) is 0.267. The van der Waals surface area contributed by atoms with Gasteiger partial charge in [-0.3, -0.25) is 9.78 Å². The standard InChI is InChI=1S/C14H21N5O/c20-14(10-12-2-1-3-16-12)19-8-6-18(7-9-19)13-11-15-4-5-17-13/h4-5,11-12,16H,1-3,6-10H2. The maximum Gasteiger partial charge on any atom is 0.224 e. The second kappa shape index (κ2) is 6.17. The van der Waals surface area contributed by atoms with Gasteiger partial charge in [0.05, 0.1) is 6.20 Å². The van der Waals surface area contributed by atoms with Crippen LogP contribution in [0.3, 0.4) is 0 Å². The first-order valence-corrected chi connectivity index (χ1v) is 7.35. The van der Waals surface area contributed by atoms with Crippen LogP contribution in [-0.4, -0.2) is 59.5 Å². The monoisotopic (exact) mass is 275 g/mol. The number of rotatable bonds is 3. The summed E-state index contributed by atoms with van der Waals surface area (Å²) in [6.45, 7) is 4.29. The molecule has 1 N–H and O–H groups in total. The Hall–Kier alpha value is -1.69. The van der Waals surface area contributed by atoms with E-state index >= 15 is 0 Å². The van der Waals surface area contributed by atoms with E-state index in [1.807, 2.05) is 4.90 Å². The van der Waals surface area contributed by atoms with Gasteiger partial charge in [-0.1, -0.05) is 0 Å². The zero-order chi connectivity index (χ0) is 13.8. The van der Waals surface area contributed by atoms with Crippen LogP contribution in [0.5, 0.6) is 0 Å². The van der Waals surface area contributed by atoms with Crippen LogP contribution in [0, 0.1) is 0 Å². The van der Waals surface area contributed by atoms with Gasteiger partial charge in [-0.05, 0) is 19.4 Å². The number of anilines is 1. The molecule has 0 saturated carbocycles. The van der Waals surface area contributed by atoms with Crippen LogP contribution < -0.4 is 10.2 Å². The van der Waals surface area contributed by atoms with Crippen LogP contribution in [0.4, 0.5) is 5.82 Å². The van der Waals surface area contributed by atoms with Crippen LogP contribution in [0.15, 0.2) is 18.6 Å². The molecule has 2 saturated heterocycles. The first kappa shape index (κ1) is 13.3. The van der Waals surface area contributed by atoms with Crippen molar-refractivity contribution in [2.45, 2.75) is 25.3 Å². The Labute approximate surface area is 119 Å². The van der Waals surface area contributed by atoms with Gasteiger partial charge in [-0.2, -0.15) is 0 Å². The van der Waals surface area contributed by atoms with Gasteiger partial charge < -0.3 is 15.1 Å². The number of carbonyl (C=O) groups is 1. The molecule has 1 unspecified atom stereocenters. The number of hydrogen-bond acceptors (Lipinski definition) is 5. The number of nitrogens with one attached hydrogen (secondary N) is 1. The molecule has 2 fully saturated rings. The van der Waals surface area contributed by atoms with E-state index in [1.165, 1.54) is 6.42 Å². The molecule has 6 nitrogen and oxygen atoms in total. The Balaban J connectivity index is 1.49. The van der Waals surface area contributed by atoms with E-state index in [1.54, 1.807) is 18.6 Å². The van der Waals surface area contributed by atoms with Crippen LogP contribution in [0.2, 0.25) is 0 Å². The van der Waals surface area contributed by atoms with E-state index in [4.69, 9.17) is 0 Å². The average molecular weight is 275 g/mol. The quantitative estimate of drug-likeness (QED) is 0.858. The fraction of sp³-hybridized carbons (Fsp3) is 0.643. The number of piperazine rings is 1. The minimum absolute atomic E-state index is 0.281. The predicted molar refractivity (Wildman–Crippen MR) is 76.5 cm³/mol. The van der Waals surface area contributed by atoms with Crippen molar-refractivity contribution in [1.82, 2.24) is 20.2 Å². The molecule has 0 bridgehead atoms. The molecule has 2 aliphatic rings. The van der Waals surface area contributed by atoms with Gasteiger partial charge in [0.15, 0.2) is 0 Å². The second-order valence-corrected chi connectivity index (χ2v) is 5.43. The normalized spacial score (nSPS) is 23.1. The van der Waals surface area contributed by atoms with Crippen LogP contribution in [-0.2, 0) is 4.79 Å². The lowest BCUT2D eigenvalue weighted by Crippen LogP contribution is -2.50. The summed E-state index contributed by atoms with van der Waals surface area (Å²) in [7, 11) is 0. The average Bonchev–Trinajstić information content (AvgIpc) is 3.01. The number of nitrogens with zero attached hydrogens (tertiary/aromatic N) is 4. The lowest BCUT2D eigenvalue weighted by molar-refractivity contribution is -0.131. The summed E-state index contributed by atoms with van der Waals surface area (Å²) in [5.41, 5.74) is 0. The zero-order valence-electron chi connectivity index (χ0n) is 11.7. The summed E-state index contributed by atoms with van der Waals surface area (Å²) < 4.78 is 0. The lowest BCUT2D eigenvalue weighted by atomic mass is 10.1. The van der Waals surface area contributed by atoms with Crippen molar-refractivity contribution in [1.29, 1.82) is 0 Å². The molecule has 0 aliphatic carbocycles. The minimum atomic E-state index is 0.281. The molecule has 0 aromatic carbocycles. The Morgan fingerprint density at radius 3 is 2.80 bits per heavy atom. The zero-order valence-corrected chi connectivity index (χ0v) is 11.7. The molecule has 1 amide bonds. The molecule has 1 aromatic rings. The number of hydrogen-bond donors (Lipinski definition) is 1. The van der Waals surface area contributed by atoms with E-state index in [2.05, 4.69) is 20.2 Å². The maximum atomic E-state index is 12.2. The molecule has 108 valence electrons. The van der Waals surface area contributed by atoms with Crippen molar-refractivity contribution in [3.05, 3.63) is 18.6 Å². The number of carbonyl (C=O) groups excluding carboxylic acids is 1. The fourth-order valence-corrected chi connectivity index (χ4v) is 2.91. The van der Waals surface area contributed by atoms with Gasteiger partial charge in [0.25, 0.3) is 0 Å². The summed E-state index contributed by atoms with van der Waals surface area (Å²) >= 11 is 0. The SMILES string of the molecule is O=C(CC1CCCN1)N1CCN(c2cnccn2)CC1. The first-order chi connectivity index (χ1) is 9.83. The fourth-order valence-electron chi connectivity index (χ4n) is 2.91. The molecule has 2 aliphatic heterocycles. The molecule has 0 spiro atoms. The molecule has 20 heavy (non-hydrogen) atoms. The van der Waals surface area contributed by atoms with Gasteiger partial charge >= 0.3 is 0 Å². The Morgan fingerprint density at radius 1 is 1.30 bits per heavy atom. The highest BCUT2D eigenvalue weighted by Crippen LogP contribution is 2.14. The smallest absolute Gasteiger partial charge is 0.224 e. The molecule has 1 aromatic heterocycles. The summed E-state index contributed by atoms with van der Waals surface area (Å²) in [4.78, 5) is 24.8. The van der Waals surface area contributed by atoms with Crippen LogP contribution in [0.1, 0.15) is 19.3 Å². The van der Waals surface area contributed by atoms with Gasteiger partial charge in [0, 0.05) is 51.0 Å². The van der Waals surface area contributed by atoms with E-state index in [0.717, 1.165) is 45.0 Å². The van der Waals surface area contributed by atoms with Crippen molar-refractivity contribution in [2.24, 2.45) is 0 Å². The first-order valence-electron chi connectivity index (χ1n) is 7.35. The highest BCUT2D eigenvalue weighted by Gasteiger charge is 2.25. The van der Waals surface area contributed by atoms with Gasteiger partial charge in [-0.15, -0.1) is 0 Å². The molecule has 6 heteroatoms. The Bertz CT molecular complexity index is 438. The molecule has 3 rings (SSSR count). The van der Waals surface area contributed by atoms with E-state index in [-0.39, 0.29) is 5.91 Å². The highest BCUT2D eigenvalue weighted by atomic mass is 16.2. The van der Waals surface area contributed by atoms with Crippen LogP contribution in [0.25, 0.3) is 0 Å². The second-order valence-electron chi connectivity index (χ2n) is 5.43. The van der Waals surface area contributed by atoms with E-state index in [0.29, 0.717) is 12.5 Å². The molecular formula is C14H21N5O. The van der Waals surface area contributed by atoms with Crippen molar-refractivity contribution in [3.63, 3.8) is 0 Å². The third-order valence-electron chi connectivity index (χ3n) is 4.09. The van der Waals surface area contributed by atoms with Crippen molar-refractivity contribution in [2.75, 3.05) is 37.6 Å². The Morgan fingerprint density at radius 2 is 2.15 bits per heavy atom. The maximum absolute atomic E-state index is 12.2. The third kappa shape index (κ3) is 3.07. The summed E-state index contributed by atoms with van der Waals surface area (Å²) in [6.07, 6.45) is 8.13. The topological polar surface area (TPSA) is 61.4 Å². The molecule has 1 atom stereocenters. The molecular weight excluding hydrogens is 254 g/mol. The van der Waals surface area contributed by atoms with Gasteiger partial charge in [0.1, 0.15) is 5.82 Å². The molecule has 0 radical (unpaired) electrons. The third-order valence-corrected chi connectivity index (χ3v) is 4.09. The van der Waals surface area contributed by atoms with E-state index in [9.17, 15) is 4.79 Å². The van der Waals surface area contributed by atoms with Crippen molar-refractivity contribution >= 4 is 11.7 Å². The number of amides is 1. The largest absolute Gasteiger partial charge is 0.352 e. The van der Waals surface area contributed by atoms with Crippen molar-refractivity contribution < 1.29 is 4.79 Å². The van der Waals surface area contributed by atoms with Gasteiger partial charge in [0.2, 0.25) is 5.91 Å². The highest BCUT2D eigenvalue weighted by molar-refractivity contribution is 5.77. The van der Waals surface area contributed by atoms with Crippen LogP contribution >= 0.6 is 0 Å². The van der Waals surface area contributed by atoms with E-state index < -0.39 is 0 Å².